The highest BCUT2D eigenvalue weighted by molar-refractivity contribution is 5.30. The summed E-state index contributed by atoms with van der Waals surface area (Å²) in [5.74, 6) is -0.139. The molecule has 0 saturated carbocycles. The number of halogens is 1. The van der Waals surface area contributed by atoms with Crippen LogP contribution < -0.4 is 10.5 Å². The van der Waals surface area contributed by atoms with Gasteiger partial charge in [-0.2, -0.15) is 0 Å². The fourth-order valence-corrected chi connectivity index (χ4v) is 1.21. The van der Waals surface area contributed by atoms with E-state index in [1.165, 1.54) is 6.07 Å². The van der Waals surface area contributed by atoms with Crippen LogP contribution in [-0.2, 0) is 0 Å². The maximum absolute atomic E-state index is 13.4. The summed E-state index contributed by atoms with van der Waals surface area (Å²) in [5.41, 5.74) is 5.97. The number of hydrogen-bond donors (Lipinski definition) is 3. The third kappa shape index (κ3) is 3.44. The lowest BCUT2D eigenvalue weighted by Gasteiger charge is -2.12. The molecule has 4 nitrogen and oxygen atoms in total. The van der Waals surface area contributed by atoms with Crippen LogP contribution in [-0.4, -0.2) is 29.5 Å². The van der Waals surface area contributed by atoms with Crippen molar-refractivity contribution in [2.45, 2.75) is 19.1 Å². The summed E-state index contributed by atoms with van der Waals surface area (Å²) in [7, 11) is 0. The molecule has 0 aromatic heterocycles. The lowest BCUT2D eigenvalue weighted by molar-refractivity contribution is 0.0535. The minimum atomic E-state index is -0.962. The fourth-order valence-electron chi connectivity index (χ4n) is 1.21. The van der Waals surface area contributed by atoms with Gasteiger partial charge < -0.3 is 20.7 Å². The number of ether oxygens (including phenoxy) is 1. The Balaban J connectivity index is 2.66. The Bertz CT molecular complexity index is 344. The first-order valence-corrected chi connectivity index (χ1v) is 5.01. The molecule has 1 aromatic rings. The highest BCUT2D eigenvalue weighted by Gasteiger charge is 2.09. The molecule has 0 heterocycles. The molecule has 1 unspecified atom stereocenters. The molecule has 0 fully saturated rings. The summed E-state index contributed by atoms with van der Waals surface area (Å²) < 4.78 is 18.5. The predicted molar refractivity (Wildman–Crippen MR) is 57.6 cm³/mol. The van der Waals surface area contributed by atoms with Crippen molar-refractivity contribution in [3.63, 3.8) is 0 Å². The molecule has 4 N–H and O–H groups in total. The van der Waals surface area contributed by atoms with Crippen LogP contribution in [0.1, 0.15) is 18.5 Å². The molecule has 0 aliphatic carbocycles. The molecular formula is C11H16FNO3. The molecule has 0 spiro atoms. The molecule has 2 atom stereocenters. The summed E-state index contributed by atoms with van der Waals surface area (Å²) in [6.45, 7) is 1.22. The quantitative estimate of drug-likeness (QED) is 0.690. The Hall–Kier alpha value is -1.17. The number of benzene rings is 1. The molecule has 0 aliphatic heterocycles. The van der Waals surface area contributed by atoms with E-state index in [-0.39, 0.29) is 19.3 Å². The summed E-state index contributed by atoms with van der Waals surface area (Å²) in [6.07, 6.45) is -0.962. The van der Waals surface area contributed by atoms with Gasteiger partial charge >= 0.3 is 0 Å². The maximum atomic E-state index is 13.4. The fraction of sp³-hybridized carbons (Fsp3) is 0.455. The average Bonchev–Trinajstić information content (AvgIpc) is 2.25. The van der Waals surface area contributed by atoms with Gasteiger partial charge in [-0.1, -0.05) is 6.07 Å². The third-order valence-electron chi connectivity index (χ3n) is 2.12. The molecule has 90 valence electrons. The van der Waals surface area contributed by atoms with Crippen molar-refractivity contribution in [1.82, 2.24) is 0 Å². The highest BCUT2D eigenvalue weighted by atomic mass is 19.1. The zero-order chi connectivity index (χ0) is 12.1. The van der Waals surface area contributed by atoms with Gasteiger partial charge in [0.2, 0.25) is 0 Å². The largest absolute Gasteiger partial charge is 0.491 e. The second-order valence-corrected chi connectivity index (χ2v) is 3.62. The Kier molecular flexibility index (Phi) is 4.67. The number of aliphatic hydroxyl groups excluding tert-OH is 2. The minimum Gasteiger partial charge on any atom is -0.491 e. The van der Waals surface area contributed by atoms with E-state index >= 15 is 0 Å². The molecular weight excluding hydrogens is 213 g/mol. The minimum absolute atomic E-state index is 0.0759. The van der Waals surface area contributed by atoms with Crippen LogP contribution in [0.2, 0.25) is 0 Å². The summed E-state index contributed by atoms with van der Waals surface area (Å²) >= 11 is 0. The van der Waals surface area contributed by atoms with Gasteiger partial charge in [-0.25, -0.2) is 4.39 Å². The number of rotatable bonds is 5. The molecule has 0 bridgehead atoms. The summed E-state index contributed by atoms with van der Waals surface area (Å²) in [5, 5.41) is 17.6. The molecule has 0 aliphatic rings. The van der Waals surface area contributed by atoms with Crippen molar-refractivity contribution in [2.75, 3.05) is 13.2 Å². The van der Waals surface area contributed by atoms with Crippen molar-refractivity contribution in [2.24, 2.45) is 5.73 Å². The van der Waals surface area contributed by atoms with Crippen molar-refractivity contribution in [3.05, 3.63) is 29.6 Å². The second-order valence-electron chi connectivity index (χ2n) is 3.62. The van der Waals surface area contributed by atoms with E-state index in [1.807, 2.05) is 0 Å². The van der Waals surface area contributed by atoms with Crippen LogP contribution in [0, 0.1) is 5.82 Å². The predicted octanol–water partition coefficient (Wildman–Crippen LogP) is 0.577. The van der Waals surface area contributed by atoms with E-state index in [1.54, 1.807) is 19.1 Å². The Morgan fingerprint density at radius 2 is 2.19 bits per heavy atom. The van der Waals surface area contributed by atoms with Gasteiger partial charge in [0.15, 0.2) is 0 Å². The SMILES string of the molecule is C[C@@H](N)c1ccc(OCC(O)CO)cc1F. The Morgan fingerprint density at radius 1 is 1.50 bits per heavy atom. The number of nitrogens with two attached hydrogens (primary N) is 1. The van der Waals surface area contributed by atoms with E-state index in [0.717, 1.165) is 0 Å². The molecule has 16 heavy (non-hydrogen) atoms. The van der Waals surface area contributed by atoms with E-state index in [9.17, 15) is 4.39 Å². The Labute approximate surface area is 93.5 Å². The first kappa shape index (κ1) is 12.9. The monoisotopic (exact) mass is 229 g/mol. The van der Waals surface area contributed by atoms with Gasteiger partial charge in [-0.15, -0.1) is 0 Å². The van der Waals surface area contributed by atoms with Crippen LogP contribution in [0.3, 0.4) is 0 Å². The van der Waals surface area contributed by atoms with Crippen molar-refractivity contribution >= 4 is 0 Å². The van der Waals surface area contributed by atoms with Gasteiger partial charge in [0.05, 0.1) is 6.61 Å². The Morgan fingerprint density at radius 3 is 2.69 bits per heavy atom. The van der Waals surface area contributed by atoms with E-state index in [4.69, 9.17) is 20.7 Å². The van der Waals surface area contributed by atoms with E-state index in [2.05, 4.69) is 0 Å². The zero-order valence-electron chi connectivity index (χ0n) is 9.06. The standard InChI is InChI=1S/C11H16FNO3/c1-7(13)10-3-2-9(4-11(10)12)16-6-8(15)5-14/h2-4,7-8,14-15H,5-6,13H2,1H3/t7-,8?/m1/s1. The van der Waals surface area contributed by atoms with Crippen LogP contribution in [0.25, 0.3) is 0 Å². The van der Waals surface area contributed by atoms with Crippen LogP contribution in [0.5, 0.6) is 5.75 Å². The van der Waals surface area contributed by atoms with Gasteiger partial charge in [-0.05, 0) is 13.0 Å². The van der Waals surface area contributed by atoms with Gasteiger partial charge in [0.25, 0.3) is 0 Å². The molecule has 0 saturated heterocycles. The normalized spacial score (nSPS) is 14.6. The first-order valence-electron chi connectivity index (χ1n) is 5.01. The van der Waals surface area contributed by atoms with Crippen molar-refractivity contribution in [3.8, 4) is 5.75 Å². The van der Waals surface area contributed by atoms with Crippen molar-refractivity contribution in [1.29, 1.82) is 0 Å². The van der Waals surface area contributed by atoms with E-state index < -0.39 is 11.9 Å². The van der Waals surface area contributed by atoms with Gasteiger partial charge in [0.1, 0.15) is 24.3 Å². The lowest BCUT2D eigenvalue weighted by atomic mass is 10.1. The molecule has 1 aromatic carbocycles. The molecule has 5 heteroatoms. The van der Waals surface area contributed by atoms with Crippen LogP contribution >= 0.6 is 0 Å². The summed E-state index contributed by atoms with van der Waals surface area (Å²) in [4.78, 5) is 0. The summed E-state index contributed by atoms with van der Waals surface area (Å²) in [6, 6.07) is 3.95. The smallest absolute Gasteiger partial charge is 0.131 e. The highest BCUT2D eigenvalue weighted by Crippen LogP contribution is 2.20. The van der Waals surface area contributed by atoms with Crippen molar-refractivity contribution < 1.29 is 19.3 Å². The maximum Gasteiger partial charge on any atom is 0.131 e. The number of aliphatic hydroxyl groups is 2. The van der Waals surface area contributed by atoms with Crippen LogP contribution in [0.4, 0.5) is 4.39 Å². The topological polar surface area (TPSA) is 75.7 Å². The van der Waals surface area contributed by atoms with Crippen LogP contribution in [0.15, 0.2) is 18.2 Å². The first-order chi connectivity index (χ1) is 7.54. The molecule has 1 rings (SSSR count). The van der Waals surface area contributed by atoms with E-state index in [0.29, 0.717) is 11.3 Å². The zero-order valence-corrected chi connectivity index (χ0v) is 9.06. The molecule has 0 amide bonds. The molecule has 0 radical (unpaired) electrons. The van der Waals surface area contributed by atoms with Gasteiger partial charge in [-0.3, -0.25) is 0 Å². The van der Waals surface area contributed by atoms with Gasteiger partial charge in [0, 0.05) is 17.7 Å². The average molecular weight is 229 g/mol. The third-order valence-corrected chi connectivity index (χ3v) is 2.12. The lowest BCUT2D eigenvalue weighted by Crippen LogP contribution is -2.21. The number of hydrogen-bond acceptors (Lipinski definition) is 4. The second kappa shape index (κ2) is 5.79.